The number of nitrogens with zero attached hydrogens (tertiary/aromatic N) is 1. The number of hydrogen-bond acceptors (Lipinski definition) is 4. The van der Waals surface area contributed by atoms with Gasteiger partial charge in [0.25, 0.3) is 5.91 Å². The van der Waals surface area contributed by atoms with Crippen molar-refractivity contribution in [3.8, 4) is 10.6 Å². The van der Waals surface area contributed by atoms with Gasteiger partial charge in [0, 0.05) is 10.6 Å². The number of aromatic nitrogens is 1. The molecule has 0 saturated heterocycles. The highest BCUT2D eigenvalue weighted by Crippen LogP contribution is 2.28. The van der Waals surface area contributed by atoms with Gasteiger partial charge in [0.2, 0.25) is 0 Å². The fraction of sp³-hybridized carbons (Fsp3) is 0.389. The molecule has 2 rings (SSSR count). The van der Waals surface area contributed by atoms with Gasteiger partial charge >= 0.3 is 0 Å². The third-order valence-corrected chi connectivity index (χ3v) is 4.99. The number of unbranched alkanes of at least 4 members (excludes halogenated alkanes) is 2. The third-order valence-electron chi connectivity index (χ3n) is 3.73. The molecule has 0 spiro atoms. The second kappa shape index (κ2) is 9.06. The minimum Gasteiger partial charge on any atom is -0.341 e. The summed E-state index contributed by atoms with van der Waals surface area (Å²) in [5.74, 6) is -0.870. The smallest absolute Gasteiger partial charge is 0.263 e. The molecule has 0 radical (unpaired) electrons. The van der Waals surface area contributed by atoms with Gasteiger partial charge in [0.05, 0.1) is 12.2 Å². The SMILES string of the molecule is CCCCCC(NC(=O)c1cnc(-c2cc(F)cc(Cl)c2)s1)C(C)=O. The van der Waals surface area contributed by atoms with Crippen LogP contribution in [0, 0.1) is 5.82 Å². The zero-order valence-electron chi connectivity index (χ0n) is 14.1. The summed E-state index contributed by atoms with van der Waals surface area (Å²) in [7, 11) is 0. The number of rotatable bonds is 8. The first-order valence-corrected chi connectivity index (χ1v) is 9.33. The Bertz CT molecular complexity index is 743. The largest absolute Gasteiger partial charge is 0.341 e. The summed E-state index contributed by atoms with van der Waals surface area (Å²) in [6, 6.07) is 3.62. The maximum absolute atomic E-state index is 13.5. The Hall–Kier alpha value is -1.79. The van der Waals surface area contributed by atoms with Crippen molar-refractivity contribution in [3.05, 3.63) is 40.1 Å². The number of nitrogens with one attached hydrogen (secondary N) is 1. The van der Waals surface area contributed by atoms with Crippen LogP contribution in [0.25, 0.3) is 10.6 Å². The minimum absolute atomic E-state index is 0.0638. The van der Waals surface area contributed by atoms with Crippen LogP contribution < -0.4 is 5.32 Å². The van der Waals surface area contributed by atoms with Crippen molar-refractivity contribution >= 4 is 34.6 Å². The van der Waals surface area contributed by atoms with Crippen LogP contribution in [0.2, 0.25) is 5.02 Å². The quantitative estimate of drug-likeness (QED) is 0.662. The molecule has 0 aliphatic carbocycles. The number of hydrogen-bond donors (Lipinski definition) is 1. The fourth-order valence-corrected chi connectivity index (χ4v) is 3.42. The van der Waals surface area contributed by atoms with Crippen LogP contribution in [0.5, 0.6) is 0 Å². The number of carbonyl (C=O) groups is 2. The first-order valence-electron chi connectivity index (χ1n) is 8.14. The molecule has 0 aliphatic rings. The topological polar surface area (TPSA) is 59.1 Å². The molecule has 0 saturated carbocycles. The lowest BCUT2D eigenvalue weighted by molar-refractivity contribution is -0.119. The Morgan fingerprint density at radius 3 is 2.72 bits per heavy atom. The van der Waals surface area contributed by atoms with E-state index < -0.39 is 11.9 Å². The predicted octanol–water partition coefficient (Wildman–Crippen LogP) is 4.87. The Morgan fingerprint density at radius 2 is 2.08 bits per heavy atom. The Kier molecular flexibility index (Phi) is 7.08. The van der Waals surface area contributed by atoms with Gasteiger partial charge in [-0.1, -0.05) is 37.8 Å². The van der Waals surface area contributed by atoms with E-state index in [0.29, 0.717) is 21.9 Å². The first-order chi connectivity index (χ1) is 11.9. The summed E-state index contributed by atoms with van der Waals surface area (Å²) >= 11 is 6.99. The zero-order chi connectivity index (χ0) is 18.4. The number of Topliss-reactive ketones (excluding diaryl/α,β-unsaturated/α-hetero) is 1. The van der Waals surface area contributed by atoms with Crippen molar-refractivity contribution in [2.45, 2.75) is 45.6 Å². The lowest BCUT2D eigenvalue weighted by Gasteiger charge is -2.14. The monoisotopic (exact) mass is 382 g/mol. The Morgan fingerprint density at radius 1 is 1.32 bits per heavy atom. The van der Waals surface area contributed by atoms with E-state index in [4.69, 9.17) is 11.6 Å². The molecule has 4 nitrogen and oxygen atoms in total. The molecule has 1 aromatic carbocycles. The van der Waals surface area contributed by atoms with E-state index in [1.54, 1.807) is 6.07 Å². The molecule has 1 atom stereocenters. The fourth-order valence-electron chi connectivity index (χ4n) is 2.39. The predicted molar refractivity (Wildman–Crippen MR) is 98.6 cm³/mol. The number of benzene rings is 1. The van der Waals surface area contributed by atoms with E-state index in [1.807, 2.05) is 0 Å². The molecular formula is C18H20ClFN2O2S. The van der Waals surface area contributed by atoms with Gasteiger partial charge < -0.3 is 5.32 Å². The van der Waals surface area contributed by atoms with Gasteiger partial charge in [-0.25, -0.2) is 9.37 Å². The Labute approximate surface area is 155 Å². The average molecular weight is 383 g/mol. The minimum atomic E-state index is -0.492. The number of halogens is 2. The van der Waals surface area contributed by atoms with Crippen molar-refractivity contribution in [2.75, 3.05) is 0 Å². The molecule has 134 valence electrons. The molecular weight excluding hydrogens is 363 g/mol. The lowest BCUT2D eigenvalue weighted by atomic mass is 10.1. The van der Waals surface area contributed by atoms with Gasteiger partial charge in [-0.15, -0.1) is 11.3 Å². The maximum atomic E-state index is 13.5. The van der Waals surface area contributed by atoms with Crippen LogP contribution in [-0.2, 0) is 4.79 Å². The van der Waals surface area contributed by atoms with Gasteiger partial charge in [-0.3, -0.25) is 9.59 Å². The second-order valence-corrected chi connectivity index (χ2v) is 7.29. The number of carbonyl (C=O) groups excluding carboxylic acids is 2. The van der Waals surface area contributed by atoms with Crippen molar-refractivity contribution < 1.29 is 14.0 Å². The normalized spacial score (nSPS) is 12.0. The molecule has 1 unspecified atom stereocenters. The van der Waals surface area contributed by atoms with Crippen LogP contribution in [0.3, 0.4) is 0 Å². The van der Waals surface area contributed by atoms with Crippen molar-refractivity contribution in [1.82, 2.24) is 10.3 Å². The Balaban J connectivity index is 2.09. The summed E-state index contributed by atoms with van der Waals surface area (Å²) in [4.78, 5) is 28.6. The van der Waals surface area contributed by atoms with Gasteiger partial charge in [0.15, 0.2) is 5.78 Å². The molecule has 0 aliphatic heterocycles. The van der Waals surface area contributed by atoms with E-state index in [-0.39, 0.29) is 16.7 Å². The van der Waals surface area contributed by atoms with Crippen molar-refractivity contribution in [2.24, 2.45) is 0 Å². The van der Waals surface area contributed by atoms with Crippen molar-refractivity contribution in [1.29, 1.82) is 0 Å². The van der Waals surface area contributed by atoms with E-state index in [0.717, 1.165) is 30.6 Å². The number of ketones is 1. The standard InChI is InChI=1S/C18H20ClFN2O2S/c1-3-4-5-6-15(11(2)23)22-17(24)16-10-21-18(25-16)12-7-13(19)9-14(20)8-12/h7-10,15H,3-6H2,1-2H3,(H,22,24). The number of amides is 1. The summed E-state index contributed by atoms with van der Waals surface area (Å²) in [5.41, 5.74) is 0.514. The third kappa shape index (κ3) is 5.61. The molecule has 7 heteroatoms. The summed E-state index contributed by atoms with van der Waals surface area (Å²) in [5, 5.41) is 3.53. The zero-order valence-corrected chi connectivity index (χ0v) is 15.7. The first kappa shape index (κ1) is 19.5. The molecule has 0 fully saturated rings. The molecule has 0 bridgehead atoms. The van der Waals surface area contributed by atoms with Crippen LogP contribution in [0.15, 0.2) is 24.4 Å². The second-order valence-electron chi connectivity index (χ2n) is 5.82. The summed E-state index contributed by atoms with van der Waals surface area (Å²) in [6.45, 7) is 3.56. The van der Waals surface area contributed by atoms with E-state index in [1.165, 1.54) is 25.3 Å². The lowest BCUT2D eigenvalue weighted by Crippen LogP contribution is -2.39. The molecule has 2 aromatic rings. The van der Waals surface area contributed by atoms with E-state index >= 15 is 0 Å². The van der Waals surface area contributed by atoms with Gasteiger partial charge in [-0.2, -0.15) is 0 Å². The molecule has 1 N–H and O–H groups in total. The highest BCUT2D eigenvalue weighted by molar-refractivity contribution is 7.16. The molecule has 1 heterocycles. The highest BCUT2D eigenvalue weighted by Gasteiger charge is 2.19. The van der Waals surface area contributed by atoms with Gasteiger partial charge in [0.1, 0.15) is 15.7 Å². The molecule has 1 aromatic heterocycles. The van der Waals surface area contributed by atoms with Crippen LogP contribution in [-0.4, -0.2) is 22.7 Å². The highest BCUT2D eigenvalue weighted by atomic mass is 35.5. The summed E-state index contributed by atoms with van der Waals surface area (Å²) in [6.07, 6.45) is 5.01. The molecule has 1 amide bonds. The number of thiazole rings is 1. The van der Waals surface area contributed by atoms with Crippen LogP contribution in [0.4, 0.5) is 4.39 Å². The summed E-state index contributed by atoms with van der Waals surface area (Å²) < 4.78 is 13.5. The van der Waals surface area contributed by atoms with E-state index in [9.17, 15) is 14.0 Å². The van der Waals surface area contributed by atoms with Crippen molar-refractivity contribution in [3.63, 3.8) is 0 Å². The van der Waals surface area contributed by atoms with Crippen LogP contribution in [0.1, 0.15) is 49.2 Å². The average Bonchev–Trinajstić information content (AvgIpc) is 3.03. The van der Waals surface area contributed by atoms with Gasteiger partial charge in [-0.05, 0) is 31.5 Å². The maximum Gasteiger partial charge on any atom is 0.263 e. The van der Waals surface area contributed by atoms with E-state index in [2.05, 4.69) is 17.2 Å². The van der Waals surface area contributed by atoms with Crippen LogP contribution >= 0.6 is 22.9 Å². The molecule has 25 heavy (non-hydrogen) atoms.